The molecule has 4 aromatic heterocycles. The van der Waals surface area contributed by atoms with E-state index >= 15 is 0 Å². The topological polar surface area (TPSA) is 112 Å². The number of anilines is 1. The molecule has 0 bridgehead atoms. The molecule has 0 saturated carbocycles. The van der Waals surface area contributed by atoms with E-state index in [0.29, 0.717) is 28.9 Å². The molecule has 0 spiro atoms. The first-order valence-electron chi connectivity index (χ1n) is 11.7. The number of carbonyl (C=O) groups excluding carboxylic acids is 1. The number of alkyl halides is 3. The molecule has 4 heterocycles. The third-order valence-electron chi connectivity index (χ3n) is 5.91. The molecule has 1 N–H and O–H groups in total. The average Bonchev–Trinajstić information content (AvgIpc) is 3.56. The molecule has 0 saturated heterocycles. The minimum absolute atomic E-state index is 0.0982. The predicted molar refractivity (Wildman–Crippen MR) is 135 cm³/mol. The summed E-state index contributed by atoms with van der Waals surface area (Å²) >= 11 is 1.43. The molecule has 0 fully saturated rings. The first-order valence-corrected chi connectivity index (χ1v) is 12.5. The van der Waals surface area contributed by atoms with Crippen molar-refractivity contribution in [1.29, 1.82) is 0 Å². The second-order valence-corrected chi connectivity index (χ2v) is 9.80. The maximum Gasteiger partial charge on any atom is 0.437 e. The van der Waals surface area contributed by atoms with Crippen LogP contribution in [0.25, 0.3) is 21.5 Å². The van der Waals surface area contributed by atoms with Gasteiger partial charge in [-0.1, -0.05) is 30.3 Å². The number of nitrogens with one attached hydrogen (secondary N) is 1. The van der Waals surface area contributed by atoms with Crippen molar-refractivity contribution in [2.75, 3.05) is 5.32 Å². The van der Waals surface area contributed by atoms with Crippen LogP contribution >= 0.6 is 11.3 Å². The maximum atomic E-state index is 14.0. The molecule has 9 nitrogen and oxygen atoms in total. The number of hydrogen-bond acceptors (Lipinski definition) is 8. The Morgan fingerprint density at radius 2 is 1.89 bits per heavy atom. The molecule has 0 aliphatic heterocycles. The minimum atomic E-state index is -4.81. The van der Waals surface area contributed by atoms with E-state index in [1.165, 1.54) is 18.3 Å². The van der Waals surface area contributed by atoms with E-state index in [1.54, 1.807) is 30.3 Å². The van der Waals surface area contributed by atoms with Crippen LogP contribution in [0.4, 0.5) is 18.9 Å². The van der Waals surface area contributed by atoms with Crippen LogP contribution in [-0.4, -0.2) is 35.8 Å². The average molecular weight is 542 g/mol. The summed E-state index contributed by atoms with van der Waals surface area (Å²) in [5.41, 5.74) is 0.440. The van der Waals surface area contributed by atoms with Gasteiger partial charge in [-0.15, -0.1) is 11.3 Å². The molecule has 0 aliphatic carbocycles. The number of aryl methyl sites for hydroxylation is 3. The SMILES string of the molecule is CCc1nc(Cn2nc(C(F)(F)F)c(NC(=O)c3cc(-c4sc(C)nc4C)nc4ccccc34)c2C)no1. The van der Waals surface area contributed by atoms with E-state index in [-0.39, 0.29) is 23.6 Å². The Morgan fingerprint density at radius 3 is 2.55 bits per heavy atom. The van der Waals surface area contributed by atoms with Gasteiger partial charge in [0.2, 0.25) is 5.89 Å². The number of aromatic nitrogens is 6. The van der Waals surface area contributed by atoms with Crippen molar-refractivity contribution in [2.45, 2.75) is 46.8 Å². The quantitative estimate of drug-likeness (QED) is 0.292. The van der Waals surface area contributed by atoms with Gasteiger partial charge in [-0.2, -0.15) is 23.3 Å². The molecule has 5 rings (SSSR count). The van der Waals surface area contributed by atoms with Gasteiger partial charge in [-0.05, 0) is 32.9 Å². The minimum Gasteiger partial charge on any atom is -0.339 e. The van der Waals surface area contributed by atoms with Crippen LogP contribution in [0.3, 0.4) is 0 Å². The number of halogens is 3. The summed E-state index contributed by atoms with van der Waals surface area (Å²) < 4.78 is 48.1. The van der Waals surface area contributed by atoms with Gasteiger partial charge < -0.3 is 9.84 Å². The zero-order valence-corrected chi connectivity index (χ0v) is 21.7. The Kier molecular flexibility index (Phi) is 6.47. The van der Waals surface area contributed by atoms with Crippen LogP contribution in [0.15, 0.2) is 34.9 Å². The van der Waals surface area contributed by atoms with Gasteiger partial charge in [0.15, 0.2) is 11.5 Å². The van der Waals surface area contributed by atoms with E-state index < -0.39 is 23.5 Å². The summed E-state index contributed by atoms with van der Waals surface area (Å²) in [6.07, 6.45) is -4.32. The molecule has 0 radical (unpaired) electrons. The summed E-state index contributed by atoms with van der Waals surface area (Å²) in [6.45, 7) is 6.82. The van der Waals surface area contributed by atoms with Crippen molar-refractivity contribution in [1.82, 2.24) is 29.9 Å². The van der Waals surface area contributed by atoms with Crippen molar-refractivity contribution in [2.24, 2.45) is 0 Å². The Morgan fingerprint density at radius 1 is 1.13 bits per heavy atom. The molecule has 13 heteroatoms. The molecular formula is C25H22F3N7O2S. The van der Waals surface area contributed by atoms with Crippen LogP contribution < -0.4 is 5.32 Å². The first-order chi connectivity index (χ1) is 18.0. The normalized spacial score (nSPS) is 11.9. The summed E-state index contributed by atoms with van der Waals surface area (Å²) in [6, 6.07) is 8.55. The molecule has 196 valence electrons. The number of amides is 1. The Labute approximate surface area is 218 Å². The summed E-state index contributed by atoms with van der Waals surface area (Å²) in [4.78, 5) is 27.6. The van der Waals surface area contributed by atoms with Crippen molar-refractivity contribution in [3.63, 3.8) is 0 Å². The summed E-state index contributed by atoms with van der Waals surface area (Å²) in [5.74, 6) is -0.176. The monoisotopic (exact) mass is 541 g/mol. The van der Waals surface area contributed by atoms with Crippen LogP contribution in [0, 0.1) is 20.8 Å². The number of para-hydroxylation sites is 1. The molecular weight excluding hydrogens is 519 g/mol. The van der Waals surface area contributed by atoms with Crippen molar-refractivity contribution < 1.29 is 22.5 Å². The van der Waals surface area contributed by atoms with Gasteiger partial charge in [0.1, 0.15) is 6.54 Å². The van der Waals surface area contributed by atoms with E-state index in [0.717, 1.165) is 20.3 Å². The number of nitrogens with zero attached hydrogens (tertiary/aromatic N) is 6. The number of pyridine rings is 1. The fraction of sp³-hybridized carbons (Fsp3) is 0.280. The smallest absolute Gasteiger partial charge is 0.339 e. The fourth-order valence-corrected chi connectivity index (χ4v) is 4.99. The number of carbonyl (C=O) groups is 1. The van der Waals surface area contributed by atoms with Gasteiger partial charge in [-0.25, -0.2) is 9.97 Å². The lowest BCUT2D eigenvalue weighted by molar-refractivity contribution is -0.140. The highest BCUT2D eigenvalue weighted by molar-refractivity contribution is 7.15. The van der Waals surface area contributed by atoms with Gasteiger partial charge in [0.25, 0.3) is 5.91 Å². The lowest BCUT2D eigenvalue weighted by Gasteiger charge is -2.12. The maximum absolute atomic E-state index is 14.0. The Bertz CT molecular complexity index is 1670. The summed E-state index contributed by atoms with van der Waals surface area (Å²) in [7, 11) is 0. The number of hydrogen-bond donors (Lipinski definition) is 1. The molecule has 38 heavy (non-hydrogen) atoms. The molecule has 1 amide bonds. The number of thiazole rings is 1. The van der Waals surface area contributed by atoms with Gasteiger partial charge >= 0.3 is 6.18 Å². The molecule has 0 atom stereocenters. The van der Waals surface area contributed by atoms with Crippen LogP contribution in [-0.2, 0) is 19.1 Å². The molecule has 1 aromatic carbocycles. The third-order valence-corrected chi connectivity index (χ3v) is 7.01. The van der Waals surface area contributed by atoms with E-state index in [1.807, 2.05) is 20.8 Å². The van der Waals surface area contributed by atoms with Gasteiger partial charge in [0, 0.05) is 11.8 Å². The standard InChI is InChI=1S/C25H22F3N7O2S/c1-5-20-31-19(34-37-20)11-35-13(3)21(23(33-35)25(26,27)28)32-24(36)16-10-18(22-12(2)29-14(4)38-22)30-17-9-7-6-8-15(16)17/h6-10H,5,11H2,1-4H3,(H,32,36). The largest absolute Gasteiger partial charge is 0.437 e. The van der Waals surface area contributed by atoms with Crippen molar-refractivity contribution in [3.8, 4) is 10.6 Å². The lowest BCUT2D eigenvalue weighted by atomic mass is 10.1. The van der Waals surface area contributed by atoms with Crippen LogP contribution in [0.5, 0.6) is 0 Å². The fourth-order valence-electron chi connectivity index (χ4n) is 4.11. The van der Waals surface area contributed by atoms with Gasteiger partial charge in [0.05, 0.1) is 43.7 Å². The highest BCUT2D eigenvalue weighted by Crippen LogP contribution is 2.37. The van der Waals surface area contributed by atoms with Crippen LogP contribution in [0.2, 0.25) is 0 Å². The summed E-state index contributed by atoms with van der Waals surface area (Å²) in [5, 5.41) is 11.3. The van der Waals surface area contributed by atoms with E-state index in [9.17, 15) is 18.0 Å². The number of benzene rings is 1. The molecule has 0 aliphatic rings. The van der Waals surface area contributed by atoms with Crippen molar-refractivity contribution >= 4 is 33.8 Å². The Hall–Kier alpha value is -4.13. The second-order valence-electron chi connectivity index (χ2n) is 8.60. The Balaban J connectivity index is 1.57. The number of fused-ring (bicyclic) bond motifs is 1. The highest BCUT2D eigenvalue weighted by atomic mass is 32.1. The highest BCUT2D eigenvalue weighted by Gasteiger charge is 2.39. The third kappa shape index (κ3) is 4.76. The lowest BCUT2D eigenvalue weighted by Crippen LogP contribution is -2.17. The predicted octanol–water partition coefficient (Wildman–Crippen LogP) is 5.74. The first kappa shape index (κ1) is 25.5. The zero-order valence-electron chi connectivity index (χ0n) is 20.8. The van der Waals surface area contributed by atoms with E-state index in [2.05, 4.69) is 30.5 Å². The second kappa shape index (κ2) is 9.63. The molecule has 0 unspecified atom stereocenters. The number of rotatable bonds is 6. The van der Waals surface area contributed by atoms with E-state index in [4.69, 9.17) is 4.52 Å². The van der Waals surface area contributed by atoms with Crippen molar-refractivity contribution in [3.05, 3.63) is 69.7 Å². The van der Waals surface area contributed by atoms with Gasteiger partial charge in [-0.3, -0.25) is 9.48 Å². The molecule has 5 aromatic rings. The zero-order chi connectivity index (χ0) is 27.2. The van der Waals surface area contributed by atoms with Crippen LogP contribution in [0.1, 0.15) is 51.1 Å².